The molecule has 2 heterocycles. The standard InChI is InChI=1S/C9H12N6O2/c1-13-6-8(15(16)17)9(12-13)10-5-7-3-4-11-14(7)2/h3-4,6H,5H2,1-2H3,(H,10,12). The Hall–Kier alpha value is -2.38. The second kappa shape index (κ2) is 4.24. The van der Waals surface area contributed by atoms with Gasteiger partial charge in [0.05, 0.1) is 17.2 Å². The van der Waals surface area contributed by atoms with E-state index in [2.05, 4.69) is 15.5 Å². The highest BCUT2D eigenvalue weighted by molar-refractivity contribution is 5.54. The minimum absolute atomic E-state index is 0.0327. The Bertz CT molecular complexity index is 543. The summed E-state index contributed by atoms with van der Waals surface area (Å²) in [5.74, 6) is 0.263. The second-order valence-corrected chi connectivity index (χ2v) is 3.59. The van der Waals surface area contributed by atoms with E-state index in [1.54, 1.807) is 17.9 Å². The number of rotatable bonds is 4. The van der Waals surface area contributed by atoms with Gasteiger partial charge in [-0.2, -0.15) is 5.10 Å². The monoisotopic (exact) mass is 236 g/mol. The van der Waals surface area contributed by atoms with Crippen molar-refractivity contribution in [2.24, 2.45) is 14.1 Å². The van der Waals surface area contributed by atoms with E-state index in [0.29, 0.717) is 6.54 Å². The molecule has 8 nitrogen and oxygen atoms in total. The summed E-state index contributed by atoms with van der Waals surface area (Å²) in [7, 11) is 3.45. The number of nitrogens with one attached hydrogen (secondary N) is 1. The molecule has 0 aliphatic heterocycles. The first-order chi connectivity index (χ1) is 8.08. The van der Waals surface area contributed by atoms with Crippen LogP contribution >= 0.6 is 0 Å². The van der Waals surface area contributed by atoms with Crippen LogP contribution in [0.3, 0.4) is 0 Å². The highest BCUT2D eigenvalue weighted by Crippen LogP contribution is 2.21. The van der Waals surface area contributed by atoms with Crippen molar-refractivity contribution in [2.75, 3.05) is 5.32 Å². The molecule has 2 aromatic heterocycles. The smallest absolute Gasteiger partial charge is 0.330 e. The van der Waals surface area contributed by atoms with Gasteiger partial charge >= 0.3 is 5.69 Å². The number of hydrogen-bond donors (Lipinski definition) is 1. The zero-order valence-electron chi connectivity index (χ0n) is 9.49. The highest BCUT2D eigenvalue weighted by atomic mass is 16.6. The summed E-state index contributed by atoms with van der Waals surface area (Å²) in [5.41, 5.74) is 0.889. The van der Waals surface area contributed by atoms with Gasteiger partial charge in [-0.1, -0.05) is 0 Å². The van der Waals surface area contributed by atoms with Crippen LogP contribution in [0, 0.1) is 10.1 Å². The topological polar surface area (TPSA) is 90.8 Å². The molecule has 0 radical (unpaired) electrons. The zero-order chi connectivity index (χ0) is 12.4. The van der Waals surface area contributed by atoms with E-state index in [9.17, 15) is 10.1 Å². The summed E-state index contributed by atoms with van der Waals surface area (Å²) in [5, 5.41) is 21.7. The summed E-state index contributed by atoms with van der Waals surface area (Å²) in [6.07, 6.45) is 3.04. The fraction of sp³-hybridized carbons (Fsp3) is 0.333. The highest BCUT2D eigenvalue weighted by Gasteiger charge is 2.18. The molecule has 8 heteroatoms. The molecule has 0 fully saturated rings. The van der Waals surface area contributed by atoms with Gasteiger partial charge in [-0.25, -0.2) is 0 Å². The van der Waals surface area contributed by atoms with Crippen LogP contribution < -0.4 is 5.32 Å². The average molecular weight is 236 g/mol. The Morgan fingerprint density at radius 2 is 2.29 bits per heavy atom. The molecule has 0 atom stereocenters. The second-order valence-electron chi connectivity index (χ2n) is 3.59. The third kappa shape index (κ3) is 2.25. The van der Waals surface area contributed by atoms with Gasteiger partial charge in [0.1, 0.15) is 6.20 Å². The fourth-order valence-electron chi connectivity index (χ4n) is 1.48. The molecular weight excluding hydrogens is 224 g/mol. The Morgan fingerprint density at radius 1 is 1.53 bits per heavy atom. The van der Waals surface area contributed by atoms with Gasteiger partial charge in [-0.05, 0) is 6.07 Å². The number of hydrogen-bond acceptors (Lipinski definition) is 5. The van der Waals surface area contributed by atoms with E-state index < -0.39 is 4.92 Å². The lowest BCUT2D eigenvalue weighted by Crippen LogP contribution is -2.07. The van der Waals surface area contributed by atoms with Crippen LogP contribution in [0.4, 0.5) is 11.5 Å². The normalized spacial score (nSPS) is 10.5. The summed E-state index contributed by atoms with van der Waals surface area (Å²) in [6, 6.07) is 1.84. The van der Waals surface area contributed by atoms with Gasteiger partial charge in [0.2, 0.25) is 5.82 Å². The van der Waals surface area contributed by atoms with Gasteiger partial charge in [0.25, 0.3) is 0 Å². The third-order valence-corrected chi connectivity index (χ3v) is 2.37. The lowest BCUT2D eigenvalue weighted by molar-refractivity contribution is -0.384. The molecule has 0 aromatic carbocycles. The molecule has 17 heavy (non-hydrogen) atoms. The SMILES string of the molecule is Cn1cc([N+](=O)[O-])c(NCc2ccnn2C)n1. The van der Waals surface area contributed by atoms with Crippen molar-refractivity contribution in [1.29, 1.82) is 0 Å². The molecular formula is C9H12N6O2. The molecule has 2 aromatic rings. The molecule has 90 valence electrons. The zero-order valence-corrected chi connectivity index (χ0v) is 9.49. The number of aryl methyl sites for hydroxylation is 2. The van der Waals surface area contributed by atoms with E-state index in [4.69, 9.17) is 0 Å². The van der Waals surface area contributed by atoms with Crippen LogP contribution in [0.25, 0.3) is 0 Å². The van der Waals surface area contributed by atoms with Crippen molar-refractivity contribution < 1.29 is 4.92 Å². The number of aromatic nitrogens is 4. The van der Waals surface area contributed by atoms with Crippen LogP contribution in [0.1, 0.15) is 5.69 Å². The predicted molar refractivity (Wildman–Crippen MR) is 60.4 cm³/mol. The Labute approximate surface area is 97.0 Å². The Balaban J connectivity index is 2.14. The lowest BCUT2D eigenvalue weighted by atomic mass is 10.4. The van der Waals surface area contributed by atoms with Gasteiger partial charge in [0.15, 0.2) is 0 Å². The van der Waals surface area contributed by atoms with Crippen molar-refractivity contribution in [3.05, 3.63) is 34.3 Å². The molecule has 2 rings (SSSR count). The maximum absolute atomic E-state index is 10.8. The van der Waals surface area contributed by atoms with E-state index >= 15 is 0 Å². The van der Waals surface area contributed by atoms with Crippen LogP contribution in [0.5, 0.6) is 0 Å². The van der Waals surface area contributed by atoms with Crippen LogP contribution in [-0.4, -0.2) is 24.5 Å². The predicted octanol–water partition coefficient (Wildman–Crippen LogP) is 0.674. The maximum atomic E-state index is 10.8. The van der Waals surface area contributed by atoms with Gasteiger partial charge in [0, 0.05) is 20.3 Å². The van der Waals surface area contributed by atoms with E-state index in [0.717, 1.165) is 5.69 Å². The first kappa shape index (κ1) is 11.1. The van der Waals surface area contributed by atoms with Gasteiger partial charge in [-0.3, -0.25) is 19.5 Å². The van der Waals surface area contributed by atoms with Crippen LogP contribution in [0.2, 0.25) is 0 Å². The summed E-state index contributed by atoms with van der Waals surface area (Å²) >= 11 is 0. The van der Waals surface area contributed by atoms with E-state index in [-0.39, 0.29) is 11.5 Å². The lowest BCUT2D eigenvalue weighted by Gasteiger charge is -2.02. The minimum Gasteiger partial charge on any atom is -0.357 e. The average Bonchev–Trinajstić information content (AvgIpc) is 2.82. The number of anilines is 1. The van der Waals surface area contributed by atoms with Crippen molar-refractivity contribution in [2.45, 2.75) is 6.54 Å². The minimum atomic E-state index is -0.460. The molecule has 0 saturated heterocycles. The number of nitrogens with zero attached hydrogens (tertiary/aromatic N) is 5. The molecule has 0 bridgehead atoms. The molecule has 0 amide bonds. The fourth-order valence-corrected chi connectivity index (χ4v) is 1.48. The maximum Gasteiger partial charge on any atom is 0.330 e. The molecule has 0 aliphatic carbocycles. The van der Waals surface area contributed by atoms with E-state index in [1.165, 1.54) is 10.9 Å². The largest absolute Gasteiger partial charge is 0.357 e. The van der Waals surface area contributed by atoms with Gasteiger partial charge < -0.3 is 5.32 Å². The van der Waals surface area contributed by atoms with Crippen LogP contribution in [-0.2, 0) is 20.6 Å². The Kier molecular flexibility index (Phi) is 2.77. The molecule has 0 aliphatic rings. The summed E-state index contributed by atoms with van der Waals surface area (Å²) < 4.78 is 3.10. The molecule has 1 N–H and O–H groups in total. The van der Waals surface area contributed by atoms with E-state index in [1.807, 2.05) is 13.1 Å². The molecule has 0 saturated carbocycles. The summed E-state index contributed by atoms with van der Waals surface area (Å²) in [4.78, 5) is 10.3. The van der Waals surface area contributed by atoms with Crippen molar-refractivity contribution in [3.8, 4) is 0 Å². The molecule has 0 spiro atoms. The first-order valence-electron chi connectivity index (χ1n) is 4.96. The third-order valence-electron chi connectivity index (χ3n) is 2.37. The quantitative estimate of drug-likeness (QED) is 0.622. The first-order valence-corrected chi connectivity index (χ1v) is 4.96. The van der Waals surface area contributed by atoms with Crippen molar-refractivity contribution in [1.82, 2.24) is 19.6 Å². The van der Waals surface area contributed by atoms with Crippen molar-refractivity contribution in [3.63, 3.8) is 0 Å². The van der Waals surface area contributed by atoms with Crippen LogP contribution in [0.15, 0.2) is 18.5 Å². The van der Waals surface area contributed by atoms with Gasteiger partial charge in [-0.15, -0.1) is 5.10 Å². The molecule has 0 unspecified atom stereocenters. The number of nitro groups is 1. The Morgan fingerprint density at radius 3 is 2.88 bits per heavy atom. The summed E-state index contributed by atoms with van der Waals surface area (Å²) in [6.45, 7) is 0.439. The van der Waals surface area contributed by atoms with Crippen molar-refractivity contribution >= 4 is 11.5 Å².